The Labute approximate surface area is 293 Å². The van der Waals surface area contributed by atoms with Gasteiger partial charge in [-0.15, -0.1) is 0 Å². The molecule has 2 heterocycles. The van der Waals surface area contributed by atoms with Crippen LogP contribution in [0.15, 0.2) is 82.6 Å². The number of nitrogens with zero attached hydrogens (tertiary/aromatic N) is 2. The van der Waals surface area contributed by atoms with Gasteiger partial charge in [0.25, 0.3) is 23.6 Å². The lowest BCUT2D eigenvalue weighted by atomic mass is 9.71. The molecule has 0 unspecified atom stereocenters. The van der Waals surface area contributed by atoms with Crippen LogP contribution in [0, 0.1) is 0 Å². The number of carbonyl (C=O) groups excluding carboxylic acids is 4. The number of anilines is 4. The molecule has 6 rings (SSSR count). The first kappa shape index (κ1) is 36.9. The molecule has 0 spiro atoms. The van der Waals surface area contributed by atoms with Crippen LogP contribution in [0.5, 0.6) is 0 Å². The minimum absolute atomic E-state index is 0.156. The Morgan fingerprint density at radius 3 is 1.09 bits per heavy atom. The third-order valence-corrected chi connectivity index (χ3v) is 10.4. The third kappa shape index (κ3) is 5.48. The highest BCUT2D eigenvalue weighted by atomic mass is 32.2. The minimum Gasteiger partial charge on any atom is -0.399 e. The van der Waals surface area contributed by atoms with Crippen LogP contribution in [-0.4, -0.2) is 52.8 Å². The van der Waals surface area contributed by atoms with Crippen molar-refractivity contribution in [3.63, 3.8) is 0 Å². The lowest BCUT2D eigenvalue weighted by Crippen LogP contribution is -2.55. The van der Waals surface area contributed by atoms with E-state index in [9.17, 15) is 36.0 Å². The van der Waals surface area contributed by atoms with Gasteiger partial charge in [0, 0.05) is 11.4 Å². The minimum atomic E-state index is -6.31. The molecule has 0 bridgehead atoms. The van der Waals surface area contributed by atoms with E-state index in [0.29, 0.717) is 12.1 Å². The first-order chi connectivity index (χ1) is 24.3. The molecule has 14 nitrogen and oxygen atoms in total. The Hall–Kier alpha value is -5.84. The summed E-state index contributed by atoms with van der Waals surface area (Å²) >= 11 is 0. The van der Waals surface area contributed by atoms with Crippen molar-refractivity contribution in [1.29, 1.82) is 0 Å². The summed E-state index contributed by atoms with van der Waals surface area (Å²) in [6.45, 7) is 0. The van der Waals surface area contributed by atoms with Crippen molar-refractivity contribution in [2.75, 3.05) is 21.3 Å². The zero-order chi connectivity index (χ0) is 39.4. The number of fused-ring (bicyclic) bond motifs is 2. The molecule has 0 saturated heterocycles. The molecule has 8 N–H and O–H groups in total. The van der Waals surface area contributed by atoms with E-state index in [4.69, 9.17) is 21.7 Å². The number of amides is 4. The predicted octanol–water partition coefficient (Wildman–Crippen LogP) is 3.16. The van der Waals surface area contributed by atoms with Gasteiger partial charge in [0.1, 0.15) is 9.79 Å². The van der Waals surface area contributed by atoms with Crippen molar-refractivity contribution >= 4 is 66.4 Å². The van der Waals surface area contributed by atoms with Gasteiger partial charge in [-0.25, -0.2) is 36.9 Å². The lowest BCUT2D eigenvalue weighted by Gasteiger charge is -2.38. The molecule has 0 fully saturated rings. The smallest absolute Gasteiger partial charge is 0.399 e. The topological polar surface area (TPSA) is 247 Å². The van der Waals surface area contributed by atoms with Crippen LogP contribution in [0.25, 0.3) is 0 Å². The van der Waals surface area contributed by atoms with Crippen LogP contribution >= 0.6 is 0 Å². The molecule has 276 valence electrons. The Kier molecular flexibility index (Phi) is 8.07. The van der Waals surface area contributed by atoms with Gasteiger partial charge in [-0.3, -0.25) is 19.2 Å². The number of nitrogens with two attached hydrogens (primary N) is 4. The largest absolute Gasteiger partial charge is 0.411 e. The fraction of sp³-hybridized carbons (Fsp3) is 0.0968. The number of benzene rings is 4. The first-order valence-corrected chi connectivity index (χ1v) is 17.5. The standard InChI is InChI=1S/C31H20F6N6O8S2/c32-30(33,34)29(31(35,36)37,13-1-5-17-19(9-13)27(46)42(25(17)44)21-7-3-15(38)11-23(21)52(40,48)49)14-2-6-18-20(10-14)28(47)43(26(18)45)22-8-4-16(39)12-24(22)53(41,50)51/h1-12H,38-39H2,(H2,40,48,49)(H2,41,50,51). The lowest BCUT2D eigenvalue weighted by molar-refractivity contribution is -0.288. The van der Waals surface area contributed by atoms with Gasteiger partial charge in [0.05, 0.1) is 33.6 Å². The summed E-state index contributed by atoms with van der Waals surface area (Å²) in [6, 6.07) is 7.32. The second-order valence-corrected chi connectivity index (χ2v) is 14.8. The maximum absolute atomic E-state index is 15.2. The SMILES string of the molecule is Nc1ccc(N2C(=O)c3ccc(C(c4ccc5c(c4)C(=O)N(c4ccc(N)cc4S(N)(=O)=O)C5=O)(C(F)(F)F)C(F)(F)F)cc3C2=O)c(S(N)(=O)=O)c1. The average Bonchev–Trinajstić information content (AvgIpc) is 3.42. The Morgan fingerprint density at radius 2 is 0.792 bits per heavy atom. The number of carbonyl (C=O) groups is 4. The Morgan fingerprint density at radius 1 is 0.472 bits per heavy atom. The van der Waals surface area contributed by atoms with E-state index in [-0.39, 0.29) is 45.4 Å². The molecule has 2 aliphatic rings. The van der Waals surface area contributed by atoms with Crippen molar-refractivity contribution in [1.82, 2.24) is 0 Å². The summed E-state index contributed by atoms with van der Waals surface area (Å²) in [5, 5.41) is 10.4. The van der Waals surface area contributed by atoms with Gasteiger partial charge in [0.2, 0.25) is 25.5 Å². The van der Waals surface area contributed by atoms with E-state index in [0.717, 1.165) is 36.4 Å². The molecule has 22 heteroatoms. The third-order valence-electron chi connectivity index (χ3n) is 8.55. The molecule has 0 radical (unpaired) electrons. The van der Waals surface area contributed by atoms with E-state index < -0.39 is 116 Å². The molecule has 4 amide bonds. The monoisotopic (exact) mass is 782 g/mol. The maximum atomic E-state index is 15.2. The number of alkyl halides is 6. The van der Waals surface area contributed by atoms with Crippen LogP contribution in [0.2, 0.25) is 0 Å². The summed E-state index contributed by atoms with van der Waals surface area (Å²) in [5.41, 5.74) is -2.29. The molecular weight excluding hydrogens is 762 g/mol. The highest BCUT2D eigenvalue weighted by Gasteiger charge is 2.73. The molecule has 4 aromatic rings. The number of hydrogen-bond acceptors (Lipinski definition) is 10. The summed E-state index contributed by atoms with van der Waals surface area (Å²) in [7, 11) is -9.40. The molecule has 0 aromatic heterocycles. The highest BCUT2D eigenvalue weighted by molar-refractivity contribution is 7.89. The van der Waals surface area contributed by atoms with Crippen LogP contribution in [0.4, 0.5) is 49.1 Å². The highest BCUT2D eigenvalue weighted by Crippen LogP contribution is 2.57. The van der Waals surface area contributed by atoms with Crippen LogP contribution in [-0.2, 0) is 25.5 Å². The number of imide groups is 2. The van der Waals surface area contributed by atoms with Crippen molar-refractivity contribution in [2.45, 2.75) is 27.6 Å². The summed E-state index contributed by atoms with van der Waals surface area (Å²) < 4.78 is 140. The number of halogens is 6. The van der Waals surface area contributed by atoms with Crippen LogP contribution in [0.1, 0.15) is 52.6 Å². The molecule has 0 saturated carbocycles. The zero-order valence-corrected chi connectivity index (χ0v) is 27.6. The molecular formula is C31H20F6N6O8S2. The van der Waals surface area contributed by atoms with Gasteiger partial charge in [0.15, 0.2) is 0 Å². The Bertz CT molecular complexity index is 2400. The molecule has 0 atom stereocenters. The van der Waals surface area contributed by atoms with Crippen LogP contribution < -0.4 is 31.5 Å². The van der Waals surface area contributed by atoms with E-state index in [2.05, 4.69) is 0 Å². The van der Waals surface area contributed by atoms with E-state index in [1.54, 1.807) is 0 Å². The number of sulfonamides is 2. The fourth-order valence-corrected chi connectivity index (χ4v) is 7.76. The van der Waals surface area contributed by atoms with E-state index in [1.807, 2.05) is 0 Å². The first-order valence-electron chi connectivity index (χ1n) is 14.4. The normalized spacial score (nSPS) is 15.3. The van der Waals surface area contributed by atoms with Crippen molar-refractivity contribution < 1.29 is 62.4 Å². The molecule has 2 aliphatic heterocycles. The van der Waals surface area contributed by atoms with Crippen molar-refractivity contribution in [2.24, 2.45) is 10.3 Å². The number of nitrogen functional groups attached to an aromatic ring is 2. The summed E-state index contributed by atoms with van der Waals surface area (Å²) in [6.07, 6.45) is -12.6. The van der Waals surface area contributed by atoms with Gasteiger partial charge in [-0.2, -0.15) is 26.3 Å². The van der Waals surface area contributed by atoms with E-state index in [1.165, 1.54) is 0 Å². The molecule has 4 aromatic carbocycles. The van der Waals surface area contributed by atoms with Crippen molar-refractivity contribution in [3.8, 4) is 0 Å². The zero-order valence-electron chi connectivity index (χ0n) is 26.0. The van der Waals surface area contributed by atoms with Crippen molar-refractivity contribution in [3.05, 3.63) is 106 Å². The van der Waals surface area contributed by atoms with Gasteiger partial charge >= 0.3 is 12.4 Å². The number of rotatable bonds is 6. The summed E-state index contributed by atoms with van der Waals surface area (Å²) in [4.78, 5) is 52.4. The second kappa shape index (κ2) is 11.6. The van der Waals surface area contributed by atoms with E-state index >= 15 is 26.3 Å². The molecule has 53 heavy (non-hydrogen) atoms. The molecule has 0 aliphatic carbocycles. The van der Waals surface area contributed by atoms with Gasteiger partial charge < -0.3 is 11.5 Å². The quantitative estimate of drug-likeness (QED) is 0.126. The van der Waals surface area contributed by atoms with Crippen LogP contribution in [0.3, 0.4) is 0 Å². The Balaban J connectivity index is 1.53. The number of primary sulfonamides is 2. The maximum Gasteiger partial charge on any atom is 0.411 e. The fourth-order valence-electron chi connectivity index (χ4n) is 6.25. The van der Waals surface area contributed by atoms with Gasteiger partial charge in [-0.05, 0) is 71.8 Å². The van der Waals surface area contributed by atoms with Gasteiger partial charge in [-0.1, -0.05) is 12.1 Å². The second-order valence-electron chi connectivity index (χ2n) is 11.7. The summed E-state index contributed by atoms with van der Waals surface area (Å²) in [5.74, 6) is -5.67. The predicted molar refractivity (Wildman–Crippen MR) is 173 cm³/mol. The average molecular weight is 783 g/mol. The number of hydrogen-bond donors (Lipinski definition) is 4.